The molecule has 1 unspecified atom stereocenters. The zero-order chi connectivity index (χ0) is 12.1. The standard InChI is InChI=1S/C13H19NO3/c1-2-10(14)4-3-7-15-11-5-6-12-13(8-11)17-9-16-12/h5-6,8,10H,2-4,7,9,14H2,1H3. The molecule has 0 fully saturated rings. The number of fused-ring (bicyclic) bond motifs is 1. The predicted octanol–water partition coefficient (Wildman–Crippen LogP) is 2.31. The van der Waals surface area contributed by atoms with Crippen LogP contribution in [0.1, 0.15) is 26.2 Å². The largest absolute Gasteiger partial charge is 0.493 e. The molecule has 1 aromatic rings. The van der Waals surface area contributed by atoms with Gasteiger partial charge in [0.2, 0.25) is 6.79 Å². The fourth-order valence-electron chi connectivity index (χ4n) is 1.71. The minimum absolute atomic E-state index is 0.287. The molecular formula is C13H19NO3. The Balaban J connectivity index is 1.76. The molecule has 0 saturated heterocycles. The van der Waals surface area contributed by atoms with Gasteiger partial charge in [-0.25, -0.2) is 0 Å². The molecule has 1 aliphatic rings. The molecule has 0 bridgehead atoms. The Bertz CT molecular complexity index is 368. The van der Waals surface area contributed by atoms with E-state index in [-0.39, 0.29) is 6.04 Å². The van der Waals surface area contributed by atoms with Gasteiger partial charge >= 0.3 is 0 Å². The van der Waals surface area contributed by atoms with E-state index in [4.69, 9.17) is 19.9 Å². The molecule has 4 nitrogen and oxygen atoms in total. The monoisotopic (exact) mass is 237 g/mol. The van der Waals surface area contributed by atoms with Crippen molar-refractivity contribution >= 4 is 0 Å². The maximum Gasteiger partial charge on any atom is 0.231 e. The zero-order valence-corrected chi connectivity index (χ0v) is 10.1. The lowest BCUT2D eigenvalue weighted by Gasteiger charge is -2.09. The molecule has 0 radical (unpaired) electrons. The molecule has 0 aromatic heterocycles. The van der Waals surface area contributed by atoms with Crippen molar-refractivity contribution in [1.82, 2.24) is 0 Å². The van der Waals surface area contributed by atoms with Gasteiger partial charge in [0.25, 0.3) is 0 Å². The van der Waals surface area contributed by atoms with Gasteiger partial charge in [0.05, 0.1) is 6.61 Å². The van der Waals surface area contributed by atoms with E-state index in [0.29, 0.717) is 13.4 Å². The summed E-state index contributed by atoms with van der Waals surface area (Å²) in [5.74, 6) is 2.36. The van der Waals surface area contributed by atoms with Crippen molar-refractivity contribution < 1.29 is 14.2 Å². The summed E-state index contributed by atoms with van der Waals surface area (Å²) in [5, 5.41) is 0. The van der Waals surface area contributed by atoms with Gasteiger partial charge in [-0.1, -0.05) is 6.92 Å². The second-order valence-electron chi connectivity index (χ2n) is 4.17. The first-order valence-corrected chi connectivity index (χ1v) is 6.07. The van der Waals surface area contributed by atoms with E-state index in [0.717, 1.165) is 36.5 Å². The topological polar surface area (TPSA) is 53.7 Å². The Morgan fingerprint density at radius 3 is 3.00 bits per heavy atom. The van der Waals surface area contributed by atoms with Gasteiger partial charge in [-0.15, -0.1) is 0 Å². The third kappa shape index (κ3) is 3.27. The Kier molecular flexibility index (Phi) is 4.09. The van der Waals surface area contributed by atoms with Crippen molar-refractivity contribution in [3.05, 3.63) is 18.2 Å². The highest BCUT2D eigenvalue weighted by Gasteiger charge is 2.13. The minimum atomic E-state index is 0.287. The highest BCUT2D eigenvalue weighted by molar-refractivity contribution is 5.46. The van der Waals surface area contributed by atoms with E-state index in [1.807, 2.05) is 18.2 Å². The second-order valence-corrected chi connectivity index (χ2v) is 4.17. The van der Waals surface area contributed by atoms with E-state index < -0.39 is 0 Å². The van der Waals surface area contributed by atoms with Gasteiger partial charge in [0.1, 0.15) is 5.75 Å². The van der Waals surface area contributed by atoms with Gasteiger partial charge in [0, 0.05) is 12.1 Å². The summed E-state index contributed by atoms with van der Waals surface area (Å²) in [6.07, 6.45) is 2.99. The first-order chi connectivity index (χ1) is 8.29. The number of benzene rings is 1. The Morgan fingerprint density at radius 1 is 1.35 bits per heavy atom. The van der Waals surface area contributed by atoms with E-state index >= 15 is 0 Å². The van der Waals surface area contributed by atoms with Crippen LogP contribution in [0, 0.1) is 0 Å². The van der Waals surface area contributed by atoms with Gasteiger partial charge < -0.3 is 19.9 Å². The van der Waals surface area contributed by atoms with Crippen molar-refractivity contribution in [2.24, 2.45) is 5.73 Å². The molecule has 0 spiro atoms. The summed E-state index contributed by atoms with van der Waals surface area (Å²) < 4.78 is 16.1. The van der Waals surface area contributed by atoms with Crippen LogP contribution in [0.3, 0.4) is 0 Å². The highest BCUT2D eigenvalue weighted by atomic mass is 16.7. The summed E-state index contributed by atoms with van der Waals surface area (Å²) in [6, 6.07) is 5.92. The summed E-state index contributed by atoms with van der Waals surface area (Å²) in [6.45, 7) is 3.08. The normalized spacial score (nSPS) is 14.7. The zero-order valence-electron chi connectivity index (χ0n) is 10.1. The number of ether oxygens (including phenoxy) is 3. The molecule has 1 aliphatic heterocycles. The van der Waals surface area contributed by atoms with E-state index in [1.165, 1.54) is 0 Å². The molecule has 2 N–H and O–H groups in total. The van der Waals surface area contributed by atoms with Crippen LogP contribution in [0.5, 0.6) is 17.2 Å². The summed E-state index contributed by atoms with van der Waals surface area (Å²) in [7, 11) is 0. The molecule has 1 aromatic carbocycles. The first-order valence-electron chi connectivity index (χ1n) is 6.07. The summed E-state index contributed by atoms with van der Waals surface area (Å²) in [4.78, 5) is 0. The molecular weight excluding hydrogens is 218 g/mol. The van der Waals surface area contributed by atoms with Crippen LogP contribution in [0.4, 0.5) is 0 Å². The lowest BCUT2D eigenvalue weighted by molar-refractivity contribution is 0.173. The summed E-state index contributed by atoms with van der Waals surface area (Å²) in [5.41, 5.74) is 5.83. The van der Waals surface area contributed by atoms with E-state index in [2.05, 4.69) is 6.92 Å². The molecule has 4 heteroatoms. The number of nitrogens with two attached hydrogens (primary N) is 1. The van der Waals surface area contributed by atoms with Crippen LogP contribution in [0.15, 0.2) is 18.2 Å². The first kappa shape index (κ1) is 12.0. The maximum absolute atomic E-state index is 5.83. The molecule has 17 heavy (non-hydrogen) atoms. The fraction of sp³-hybridized carbons (Fsp3) is 0.538. The SMILES string of the molecule is CCC(N)CCCOc1ccc2c(c1)OCO2. The summed E-state index contributed by atoms with van der Waals surface area (Å²) >= 11 is 0. The van der Waals surface area contributed by atoms with E-state index in [9.17, 15) is 0 Å². The molecule has 0 aliphatic carbocycles. The molecule has 0 amide bonds. The van der Waals surface area contributed by atoms with Gasteiger partial charge in [-0.3, -0.25) is 0 Å². The molecule has 2 rings (SSSR count). The fourth-order valence-corrected chi connectivity index (χ4v) is 1.71. The lowest BCUT2D eigenvalue weighted by atomic mass is 10.1. The Morgan fingerprint density at radius 2 is 2.18 bits per heavy atom. The van der Waals surface area contributed by atoms with Crippen molar-refractivity contribution in [3.8, 4) is 17.2 Å². The van der Waals surface area contributed by atoms with Crippen molar-refractivity contribution in [3.63, 3.8) is 0 Å². The Hall–Kier alpha value is -1.42. The molecule has 1 heterocycles. The van der Waals surface area contributed by atoms with Crippen LogP contribution < -0.4 is 19.9 Å². The van der Waals surface area contributed by atoms with Gasteiger partial charge in [-0.05, 0) is 31.4 Å². The van der Waals surface area contributed by atoms with Crippen LogP contribution >= 0.6 is 0 Å². The number of hydrogen-bond donors (Lipinski definition) is 1. The van der Waals surface area contributed by atoms with Crippen molar-refractivity contribution in [2.45, 2.75) is 32.2 Å². The smallest absolute Gasteiger partial charge is 0.231 e. The van der Waals surface area contributed by atoms with E-state index in [1.54, 1.807) is 0 Å². The minimum Gasteiger partial charge on any atom is -0.493 e. The third-order valence-electron chi connectivity index (χ3n) is 2.86. The molecule has 1 atom stereocenters. The van der Waals surface area contributed by atoms with Crippen LogP contribution in [0.25, 0.3) is 0 Å². The van der Waals surface area contributed by atoms with Crippen molar-refractivity contribution in [2.75, 3.05) is 13.4 Å². The average molecular weight is 237 g/mol. The van der Waals surface area contributed by atoms with Crippen molar-refractivity contribution in [1.29, 1.82) is 0 Å². The average Bonchev–Trinajstić information content (AvgIpc) is 2.81. The van der Waals surface area contributed by atoms with Crippen LogP contribution in [0.2, 0.25) is 0 Å². The lowest BCUT2D eigenvalue weighted by Crippen LogP contribution is -2.19. The third-order valence-corrected chi connectivity index (χ3v) is 2.86. The van der Waals surface area contributed by atoms with Crippen LogP contribution in [-0.4, -0.2) is 19.4 Å². The maximum atomic E-state index is 5.83. The second kappa shape index (κ2) is 5.77. The van der Waals surface area contributed by atoms with Gasteiger partial charge in [-0.2, -0.15) is 0 Å². The predicted molar refractivity (Wildman–Crippen MR) is 65.6 cm³/mol. The highest BCUT2D eigenvalue weighted by Crippen LogP contribution is 2.35. The Labute approximate surface area is 102 Å². The number of hydrogen-bond acceptors (Lipinski definition) is 4. The molecule has 0 saturated carbocycles. The number of rotatable bonds is 6. The quantitative estimate of drug-likeness (QED) is 0.771. The van der Waals surface area contributed by atoms with Gasteiger partial charge in [0.15, 0.2) is 11.5 Å². The molecule has 94 valence electrons. The van der Waals surface area contributed by atoms with Crippen LogP contribution in [-0.2, 0) is 0 Å².